The van der Waals surface area contributed by atoms with Crippen molar-refractivity contribution in [1.82, 2.24) is 0 Å². The number of esters is 3. The van der Waals surface area contributed by atoms with Crippen LogP contribution in [-0.4, -0.2) is 63.7 Å². The highest BCUT2D eigenvalue weighted by Crippen LogP contribution is 2.41. The van der Waals surface area contributed by atoms with E-state index in [2.05, 4.69) is 78.8 Å². The predicted molar refractivity (Wildman–Crippen MR) is 253 cm³/mol. The molecule has 0 heterocycles. The van der Waals surface area contributed by atoms with Gasteiger partial charge in [-0.2, -0.15) is 0 Å². The summed E-state index contributed by atoms with van der Waals surface area (Å²) in [5.74, 6) is 1.01. The molecule has 0 aliphatic heterocycles. The average molecular weight is 881 g/mol. The van der Waals surface area contributed by atoms with E-state index in [1.54, 1.807) is 27.7 Å². The lowest BCUT2D eigenvalue weighted by atomic mass is 9.76. The number of hydrogen-bond acceptors (Lipinski definition) is 10. The second-order valence-electron chi connectivity index (χ2n) is 18.3. The summed E-state index contributed by atoms with van der Waals surface area (Å²) in [7, 11) is 0. The number of carbonyl (C=O) groups excluding carboxylic acids is 3. The molecule has 0 N–H and O–H groups in total. The average Bonchev–Trinajstić information content (AvgIpc) is 3.19. The van der Waals surface area contributed by atoms with Crippen molar-refractivity contribution in [3.05, 3.63) is 122 Å². The number of aryl methyl sites for hydroxylation is 1. The van der Waals surface area contributed by atoms with Crippen molar-refractivity contribution >= 4 is 17.9 Å². The Bertz CT molecular complexity index is 2230. The summed E-state index contributed by atoms with van der Waals surface area (Å²) >= 11 is 0. The van der Waals surface area contributed by atoms with E-state index in [1.807, 2.05) is 45.1 Å². The van der Waals surface area contributed by atoms with E-state index in [9.17, 15) is 14.4 Å². The van der Waals surface area contributed by atoms with E-state index in [0.29, 0.717) is 49.5 Å². The van der Waals surface area contributed by atoms with E-state index >= 15 is 0 Å². The van der Waals surface area contributed by atoms with Crippen LogP contribution in [0, 0.1) is 6.92 Å². The Kier molecular flexibility index (Phi) is 18.3. The van der Waals surface area contributed by atoms with E-state index < -0.39 is 24.0 Å². The maximum atomic E-state index is 13.0. The van der Waals surface area contributed by atoms with Gasteiger partial charge < -0.3 is 33.2 Å². The largest absolute Gasteiger partial charge is 0.494 e. The quantitative estimate of drug-likeness (QED) is 0.108. The molecule has 0 fully saturated rings. The molecule has 64 heavy (non-hydrogen) atoms. The van der Waals surface area contributed by atoms with Crippen LogP contribution in [0.25, 0.3) is 0 Å². The fourth-order valence-corrected chi connectivity index (χ4v) is 8.53. The van der Waals surface area contributed by atoms with Gasteiger partial charge in [0.25, 0.3) is 0 Å². The third-order valence-electron chi connectivity index (χ3n) is 10.8. The first kappa shape index (κ1) is 51.1. The molecule has 1 aliphatic rings. The summed E-state index contributed by atoms with van der Waals surface area (Å²) in [6.07, 6.45) is 7.04. The first-order valence-corrected chi connectivity index (χ1v) is 22.7. The molecule has 3 aromatic rings. The van der Waals surface area contributed by atoms with Crippen LogP contribution in [0.3, 0.4) is 0 Å². The van der Waals surface area contributed by atoms with Gasteiger partial charge in [0.15, 0.2) is 19.3 Å². The van der Waals surface area contributed by atoms with Gasteiger partial charge in [0.2, 0.25) is 0 Å². The molecule has 0 saturated heterocycles. The van der Waals surface area contributed by atoms with Gasteiger partial charge in [-0.15, -0.1) is 0 Å². The third-order valence-corrected chi connectivity index (χ3v) is 10.8. The Morgan fingerprint density at radius 2 is 1.14 bits per heavy atom. The molecule has 0 saturated carbocycles. The molecule has 0 amide bonds. The van der Waals surface area contributed by atoms with Crippen molar-refractivity contribution < 1.29 is 47.5 Å². The number of ether oxygens (including phenoxy) is 7. The van der Waals surface area contributed by atoms with Crippen LogP contribution in [0.15, 0.2) is 71.5 Å². The summed E-state index contributed by atoms with van der Waals surface area (Å²) < 4.78 is 41.8. The molecule has 10 heteroatoms. The SMILES string of the molecule is C/C=C(/C)C=C1Cc2cc(OCC)cc(c2C(C)(C)C)Cc2cc(C)cc(c2OCC(=O)OCC)Cc2cc(OC(C)C(=O)OCC)cc(c2C(C)(C)C)CC=C1OCC(=O)OCC. The standard InChI is InChI=1S/C54H72O10/c1-15-34(6)22-38-25-39-29-44(58-16-2)30-40(50(39)54(12,13)14)26-42-23-35(7)24-43(51(42)63-33-48(56)60-18-4)27-41-31-45(64-36(8)52(57)61-19-5)28-37(49(41)53(9,10)11)20-21-46(38)62-32-47(55)59-17-3/h15,21-24,28-31,36H,16-20,25-27,32-33H2,1-14H3/b34-15-,38-22?,46-21?. The summed E-state index contributed by atoms with van der Waals surface area (Å²) in [5, 5.41) is 0. The zero-order valence-electron chi connectivity index (χ0n) is 40.9. The number of allylic oxidation sites excluding steroid dienone is 5. The Labute approximate surface area is 382 Å². The van der Waals surface area contributed by atoms with Gasteiger partial charge in [0.05, 0.1) is 26.4 Å². The Morgan fingerprint density at radius 3 is 1.66 bits per heavy atom. The molecule has 6 bridgehead atoms. The normalized spacial score (nSPS) is 14.6. The van der Waals surface area contributed by atoms with Crippen molar-refractivity contribution in [3.8, 4) is 17.2 Å². The van der Waals surface area contributed by atoms with Crippen molar-refractivity contribution in [2.75, 3.05) is 39.6 Å². The molecule has 3 aromatic carbocycles. The molecule has 348 valence electrons. The fourth-order valence-electron chi connectivity index (χ4n) is 8.53. The van der Waals surface area contributed by atoms with Gasteiger partial charge in [0.1, 0.15) is 23.0 Å². The van der Waals surface area contributed by atoms with Gasteiger partial charge in [0, 0.05) is 19.3 Å². The van der Waals surface area contributed by atoms with Gasteiger partial charge in [-0.25, -0.2) is 14.4 Å². The smallest absolute Gasteiger partial charge is 0.347 e. The molecular formula is C54H72O10. The summed E-state index contributed by atoms with van der Waals surface area (Å²) in [5.41, 5.74) is 10.2. The molecule has 10 nitrogen and oxygen atoms in total. The zero-order chi connectivity index (χ0) is 47.4. The van der Waals surface area contributed by atoms with Gasteiger partial charge in [-0.1, -0.05) is 77.0 Å². The van der Waals surface area contributed by atoms with Gasteiger partial charge in [-0.05, 0) is 153 Å². The minimum absolute atomic E-state index is 0.228. The molecular weight excluding hydrogens is 809 g/mol. The lowest BCUT2D eigenvalue weighted by Crippen LogP contribution is -2.26. The highest BCUT2D eigenvalue weighted by molar-refractivity contribution is 5.75. The monoisotopic (exact) mass is 881 g/mol. The van der Waals surface area contributed by atoms with Crippen LogP contribution in [0.1, 0.15) is 140 Å². The Balaban J connectivity index is 2.22. The number of hydrogen-bond donors (Lipinski definition) is 0. The fraction of sp³-hybridized carbons (Fsp3) is 0.500. The van der Waals surface area contributed by atoms with E-state index in [-0.39, 0.29) is 43.9 Å². The van der Waals surface area contributed by atoms with Crippen molar-refractivity contribution in [2.24, 2.45) is 0 Å². The minimum atomic E-state index is -0.877. The van der Waals surface area contributed by atoms with Crippen molar-refractivity contribution in [2.45, 2.75) is 140 Å². The topological polar surface area (TPSA) is 116 Å². The van der Waals surface area contributed by atoms with E-state index in [1.165, 1.54) is 0 Å². The zero-order valence-corrected chi connectivity index (χ0v) is 40.9. The van der Waals surface area contributed by atoms with Crippen LogP contribution in [-0.2, 0) is 69.8 Å². The molecule has 0 aromatic heterocycles. The Morgan fingerprint density at radius 1 is 0.641 bits per heavy atom. The minimum Gasteiger partial charge on any atom is -0.494 e. The van der Waals surface area contributed by atoms with Crippen molar-refractivity contribution in [1.29, 1.82) is 0 Å². The summed E-state index contributed by atoms with van der Waals surface area (Å²) in [6.45, 7) is 28.9. The number of carbonyl (C=O) groups is 3. The second kappa shape index (κ2) is 22.9. The van der Waals surface area contributed by atoms with Crippen molar-refractivity contribution in [3.63, 3.8) is 0 Å². The summed E-state index contributed by atoms with van der Waals surface area (Å²) in [4.78, 5) is 38.9. The van der Waals surface area contributed by atoms with Crippen LogP contribution in [0.4, 0.5) is 0 Å². The first-order valence-electron chi connectivity index (χ1n) is 22.7. The first-order chi connectivity index (χ1) is 30.2. The second-order valence-corrected chi connectivity index (χ2v) is 18.3. The van der Waals surface area contributed by atoms with Crippen LogP contribution in [0.2, 0.25) is 0 Å². The lowest BCUT2D eigenvalue weighted by Gasteiger charge is -2.30. The highest BCUT2D eigenvalue weighted by atomic mass is 16.6. The molecule has 1 aliphatic carbocycles. The molecule has 1 unspecified atom stereocenters. The highest BCUT2D eigenvalue weighted by Gasteiger charge is 2.29. The Hall–Kier alpha value is -5.51. The number of benzene rings is 3. The predicted octanol–water partition coefficient (Wildman–Crippen LogP) is 10.9. The maximum Gasteiger partial charge on any atom is 0.347 e. The van der Waals surface area contributed by atoms with Crippen LogP contribution in [0.5, 0.6) is 17.2 Å². The third kappa shape index (κ3) is 14.0. The lowest BCUT2D eigenvalue weighted by molar-refractivity contribution is -0.150. The molecule has 1 atom stereocenters. The summed E-state index contributed by atoms with van der Waals surface area (Å²) in [6, 6.07) is 12.5. The van der Waals surface area contributed by atoms with Gasteiger partial charge in [-0.3, -0.25) is 0 Å². The van der Waals surface area contributed by atoms with Crippen LogP contribution < -0.4 is 14.2 Å². The number of rotatable bonds is 15. The van der Waals surface area contributed by atoms with Crippen LogP contribution >= 0.6 is 0 Å². The molecule has 0 radical (unpaired) electrons. The van der Waals surface area contributed by atoms with E-state index in [0.717, 1.165) is 67.0 Å². The molecule has 0 spiro atoms. The maximum absolute atomic E-state index is 13.0. The molecule has 4 rings (SSSR count). The van der Waals surface area contributed by atoms with Gasteiger partial charge >= 0.3 is 17.9 Å². The number of fused-ring (bicyclic) bond motifs is 6. The van der Waals surface area contributed by atoms with E-state index in [4.69, 9.17) is 33.2 Å².